The minimum atomic E-state index is -0.670. The van der Waals surface area contributed by atoms with Gasteiger partial charge in [-0.25, -0.2) is 4.98 Å². The SMILES string of the molecule is COc1c(CN2CCNC(=O)C2)cc(Cl)c(OC2CCc3c(-c4cccc(C5c6nc(C(N)=O)n(C)c6CCN5C)c4Cl)cccc32)c1F. The first-order valence-corrected chi connectivity index (χ1v) is 17.0. The molecule has 0 bridgehead atoms. The smallest absolute Gasteiger partial charge is 0.284 e. The van der Waals surface area contributed by atoms with E-state index in [1.54, 1.807) is 10.6 Å². The van der Waals surface area contributed by atoms with Crippen LogP contribution < -0.4 is 20.5 Å². The normalized spacial score (nSPS) is 19.3. The Labute approximate surface area is 293 Å². The highest BCUT2D eigenvalue weighted by Gasteiger charge is 2.35. The molecule has 1 saturated heterocycles. The fraction of sp³-hybridized carbons (Fsp3) is 0.361. The zero-order chi connectivity index (χ0) is 34.6. The van der Waals surface area contributed by atoms with Crippen LogP contribution in [0.1, 0.15) is 62.8 Å². The number of carbonyl (C=O) groups excluding carboxylic acids is 2. The highest BCUT2D eigenvalue weighted by molar-refractivity contribution is 6.34. The van der Waals surface area contributed by atoms with Crippen molar-refractivity contribution >= 4 is 35.0 Å². The number of amides is 2. The third-order valence-electron chi connectivity index (χ3n) is 9.88. The number of nitrogens with zero attached hydrogens (tertiary/aromatic N) is 4. The van der Waals surface area contributed by atoms with E-state index in [2.05, 4.69) is 15.2 Å². The lowest BCUT2D eigenvalue weighted by Crippen LogP contribution is -2.47. The number of aromatic nitrogens is 2. The highest BCUT2D eigenvalue weighted by atomic mass is 35.5. The summed E-state index contributed by atoms with van der Waals surface area (Å²) in [5.74, 6) is -1.11. The third-order valence-corrected chi connectivity index (χ3v) is 10.6. The first kappa shape index (κ1) is 33.3. The molecule has 3 aliphatic rings. The van der Waals surface area contributed by atoms with Gasteiger partial charge < -0.3 is 25.1 Å². The van der Waals surface area contributed by atoms with Gasteiger partial charge in [-0.2, -0.15) is 4.39 Å². The number of rotatable bonds is 8. The number of nitrogens with two attached hydrogens (primary N) is 1. The Kier molecular flexibility index (Phi) is 9.04. The quantitative estimate of drug-likeness (QED) is 0.258. The van der Waals surface area contributed by atoms with Crippen molar-refractivity contribution < 1.29 is 23.5 Å². The van der Waals surface area contributed by atoms with Crippen LogP contribution in [0.4, 0.5) is 4.39 Å². The standard InChI is InChI=1S/C36H37Cl2FN6O4/c1-43-14-12-26-31(42-36(35(40)47)44(26)2)32(43)24-9-5-8-23(29(24)38)20-6-4-7-22-21(20)10-11-27(22)49-34-25(37)16-19(33(48-3)30(34)39)17-45-15-13-41-28(46)18-45/h4-9,16,27,32H,10-15,17-18H2,1-3H3,(H2,40,47)(H,41,46). The number of hydrogen-bond donors (Lipinski definition) is 2. The summed E-state index contributed by atoms with van der Waals surface area (Å²) in [5, 5.41) is 3.53. The van der Waals surface area contributed by atoms with E-state index in [0.29, 0.717) is 43.1 Å². The van der Waals surface area contributed by atoms with Crippen molar-refractivity contribution in [1.29, 1.82) is 0 Å². The predicted octanol–water partition coefficient (Wildman–Crippen LogP) is 5.22. The van der Waals surface area contributed by atoms with Gasteiger partial charge in [0.2, 0.25) is 11.7 Å². The second-order valence-corrected chi connectivity index (χ2v) is 13.6. The molecule has 0 spiro atoms. The van der Waals surface area contributed by atoms with Gasteiger partial charge in [-0.15, -0.1) is 0 Å². The number of likely N-dealkylation sites (N-methyl/N-ethyl adjacent to an activating group) is 1. The average Bonchev–Trinajstić information content (AvgIpc) is 3.64. The number of methoxy groups -OCH3 is 1. The molecule has 0 radical (unpaired) electrons. The zero-order valence-electron chi connectivity index (χ0n) is 27.5. The summed E-state index contributed by atoms with van der Waals surface area (Å²) < 4.78 is 29.6. The number of imidazole rings is 1. The predicted molar refractivity (Wildman–Crippen MR) is 185 cm³/mol. The molecular weight excluding hydrogens is 670 g/mol. The van der Waals surface area contributed by atoms with Gasteiger partial charge in [0.05, 0.1) is 35.4 Å². The molecule has 2 unspecified atom stereocenters. The van der Waals surface area contributed by atoms with Crippen LogP contribution >= 0.6 is 23.2 Å². The van der Waals surface area contributed by atoms with E-state index >= 15 is 4.39 Å². The fourth-order valence-electron chi connectivity index (χ4n) is 7.54. The molecule has 10 nitrogen and oxygen atoms in total. The molecule has 2 atom stereocenters. The Morgan fingerprint density at radius 3 is 2.57 bits per heavy atom. The topological polar surface area (TPSA) is 115 Å². The number of hydrogen-bond acceptors (Lipinski definition) is 7. The molecule has 2 amide bonds. The van der Waals surface area contributed by atoms with Crippen molar-refractivity contribution in [2.75, 3.05) is 40.3 Å². The van der Waals surface area contributed by atoms with Gasteiger partial charge in [-0.3, -0.25) is 19.4 Å². The van der Waals surface area contributed by atoms with Crippen molar-refractivity contribution in [3.05, 3.63) is 97.8 Å². The van der Waals surface area contributed by atoms with Gasteiger partial charge in [0.1, 0.15) is 6.10 Å². The van der Waals surface area contributed by atoms with Crippen LogP contribution in [0.3, 0.4) is 0 Å². The van der Waals surface area contributed by atoms with E-state index in [9.17, 15) is 9.59 Å². The number of carbonyl (C=O) groups is 2. The molecule has 4 aromatic rings. The van der Waals surface area contributed by atoms with Crippen LogP contribution in [0, 0.1) is 5.82 Å². The van der Waals surface area contributed by atoms with Gasteiger partial charge in [0, 0.05) is 56.5 Å². The molecule has 7 rings (SSSR count). The van der Waals surface area contributed by atoms with Crippen LogP contribution in [0.25, 0.3) is 11.1 Å². The van der Waals surface area contributed by atoms with Crippen molar-refractivity contribution in [3.63, 3.8) is 0 Å². The maximum absolute atomic E-state index is 16.0. The van der Waals surface area contributed by atoms with Crippen LogP contribution in [-0.2, 0) is 31.2 Å². The Morgan fingerprint density at radius 1 is 1.08 bits per heavy atom. The molecule has 49 heavy (non-hydrogen) atoms. The Balaban J connectivity index is 1.20. The molecule has 1 fully saturated rings. The Hall–Kier alpha value is -4.16. The lowest BCUT2D eigenvalue weighted by atomic mass is 9.91. The highest BCUT2D eigenvalue weighted by Crippen LogP contribution is 2.47. The number of nitrogens with one attached hydrogen (secondary N) is 1. The molecular formula is C36H37Cl2FN6O4. The van der Waals surface area contributed by atoms with E-state index in [4.69, 9.17) is 38.4 Å². The molecule has 1 aliphatic carbocycles. The van der Waals surface area contributed by atoms with E-state index < -0.39 is 17.8 Å². The van der Waals surface area contributed by atoms with Crippen molar-refractivity contribution in [3.8, 4) is 22.6 Å². The average molecular weight is 708 g/mol. The first-order chi connectivity index (χ1) is 23.6. The van der Waals surface area contributed by atoms with Gasteiger partial charge >= 0.3 is 0 Å². The molecule has 2 aliphatic heterocycles. The lowest BCUT2D eigenvalue weighted by molar-refractivity contribution is -0.124. The number of ether oxygens (including phenoxy) is 2. The van der Waals surface area contributed by atoms with Crippen molar-refractivity contribution in [1.82, 2.24) is 24.7 Å². The van der Waals surface area contributed by atoms with Crippen LogP contribution in [0.2, 0.25) is 10.0 Å². The summed E-state index contributed by atoms with van der Waals surface area (Å²) in [6.45, 7) is 2.45. The summed E-state index contributed by atoms with van der Waals surface area (Å²) in [5.41, 5.74) is 12.7. The molecule has 3 heterocycles. The molecule has 1 aromatic heterocycles. The largest absolute Gasteiger partial charge is 0.493 e. The summed E-state index contributed by atoms with van der Waals surface area (Å²) in [6, 6.07) is 13.4. The molecule has 3 aromatic carbocycles. The molecule has 13 heteroatoms. The number of piperazine rings is 1. The van der Waals surface area contributed by atoms with E-state index in [1.165, 1.54) is 7.11 Å². The minimum absolute atomic E-state index is 0.0487. The fourth-order valence-corrected chi connectivity index (χ4v) is 8.13. The van der Waals surface area contributed by atoms with E-state index in [1.807, 2.05) is 55.4 Å². The summed E-state index contributed by atoms with van der Waals surface area (Å²) >= 11 is 13.9. The maximum Gasteiger partial charge on any atom is 0.284 e. The van der Waals surface area contributed by atoms with Crippen molar-refractivity contribution in [2.24, 2.45) is 12.8 Å². The van der Waals surface area contributed by atoms with Gasteiger partial charge in [0.25, 0.3) is 5.91 Å². The summed E-state index contributed by atoms with van der Waals surface area (Å²) in [4.78, 5) is 32.8. The zero-order valence-corrected chi connectivity index (χ0v) is 29.0. The van der Waals surface area contributed by atoms with Crippen molar-refractivity contribution in [2.45, 2.75) is 38.0 Å². The molecule has 0 saturated carbocycles. The second-order valence-electron chi connectivity index (χ2n) is 12.8. The lowest BCUT2D eigenvalue weighted by Gasteiger charge is -2.33. The minimum Gasteiger partial charge on any atom is -0.493 e. The number of fused-ring (bicyclic) bond motifs is 2. The number of halogens is 3. The first-order valence-electron chi connectivity index (χ1n) is 16.2. The van der Waals surface area contributed by atoms with Crippen LogP contribution in [0.15, 0.2) is 42.5 Å². The Bertz CT molecular complexity index is 1980. The summed E-state index contributed by atoms with van der Waals surface area (Å²) in [7, 11) is 5.25. The van der Waals surface area contributed by atoms with E-state index in [-0.39, 0.29) is 40.8 Å². The number of primary amides is 1. The third kappa shape index (κ3) is 5.92. The van der Waals surface area contributed by atoms with Gasteiger partial charge in [0.15, 0.2) is 17.3 Å². The number of benzene rings is 3. The van der Waals surface area contributed by atoms with Crippen LogP contribution in [0.5, 0.6) is 11.5 Å². The Morgan fingerprint density at radius 2 is 1.84 bits per heavy atom. The van der Waals surface area contributed by atoms with Gasteiger partial charge in [-0.1, -0.05) is 59.6 Å². The van der Waals surface area contributed by atoms with E-state index in [0.717, 1.165) is 52.2 Å². The molecule has 256 valence electrons. The second kappa shape index (κ2) is 13.3. The molecule has 3 N–H and O–H groups in total. The maximum atomic E-state index is 16.0. The summed E-state index contributed by atoms with van der Waals surface area (Å²) in [6.07, 6.45) is 1.60. The van der Waals surface area contributed by atoms with Crippen LogP contribution in [-0.4, -0.2) is 71.5 Å². The van der Waals surface area contributed by atoms with Gasteiger partial charge in [-0.05, 0) is 48.2 Å². The monoisotopic (exact) mass is 706 g/mol.